The van der Waals surface area contributed by atoms with Crippen molar-refractivity contribution in [2.75, 3.05) is 9.80 Å². The summed E-state index contributed by atoms with van der Waals surface area (Å²) in [6.45, 7) is 0. The topological polar surface area (TPSA) is 32.8 Å². The lowest BCUT2D eigenvalue weighted by molar-refractivity contribution is 0.670. The van der Waals surface area contributed by atoms with Crippen molar-refractivity contribution in [3.05, 3.63) is 437 Å². The highest BCUT2D eigenvalue weighted by atomic mass is 16.3. The van der Waals surface area contributed by atoms with E-state index in [4.69, 9.17) is 8.83 Å². The van der Waals surface area contributed by atoms with Crippen LogP contribution in [0.25, 0.3) is 166 Å². The summed E-state index contributed by atoms with van der Waals surface area (Å²) < 4.78 is 14.2. The number of nitrogens with zero attached hydrogens (tertiary/aromatic N) is 2. The average Bonchev–Trinajstić information content (AvgIpc) is 1.52. The molecule has 0 atom stereocenters. The van der Waals surface area contributed by atoms with Crippen LogP contribution in [-0.2, 0) is 0 Å². The lowest BCUT2D eigenvalue weighted by atomic mass is 9.91. The molecule has 0 N–H and O–H groups in total. The van der Waals surface area contributed by atoms with Gasteiger partial charge in [-0.1, -0.05) is 334 Å². The first-order valence-corrected chi connectivity index (χ1v) is 38.2. The number of anilines is 6. The molecular formula is C108H72N2O2. The summed E-state index contributed by atoms with van der Waals surface area (Å²) in [4.78, 5) is 4.74. The van der Waals surface area contributed by atoms with E-state index in [0.717, 1.165) is 167 Å². The van der Waals surface area contributed by atoms with Crippen molar-refractivity contribution in [1.29, 1.82) is 0 Å². The molecule has 0 aliphatic heterocycles. The van der Waals surface area contributed by atoms with Crippen LogP contribution >= 0.6 is 0 Å². The van der Waals surface area contributed by atoms with Gasteiger partial charge in [0.15, 0.2) is 0 Å². The van der Waals surface area contributed by atoms with E-state index in [9.17, 15) is 0 Å². The number of hydrogen-bond acceptors (Lipinski definition) is 4. The number of hydrogen-bond donors (Lipinski definition) is 0. The molecule has 112 heavy (non-hydrogen) atoms. The van der Waals surface area contributed by atoms with Gasteiger partial charge in [0, 0.05) is 61.1 Å². The number of benzene rings is 18. The highest BCUT2D eigenvalue weighted by molar-refractivity contribution is 6.15. The number of rotatable bonds is 17. The molecule has 0 unspecified atom stereocenters. The zero-order valence-electron chi connectivity index (χ0n) is 61.3. The zero-order chi connectivity index (χ0) is 74.3. The van der Waals surface area contributed by atoms with Crippen LogP contribution in [0.3, 0.4) is 0 Å². The molecule has 0 bridgehead atoms. The van der Waals surface area contributed by atoms with Gasteiger partial charge in [-0.2, -0.15) is 0 Å². The molecule has 20 rings (SSSR count). The van der Waals surface area contributed by atoms with Crippen LogP contribution in [0.5, 0.6) is 0 Å². The third kappa shape index (κ3) is 12.8. The Morgan fingerprint density at radius 1 is 0.152 bits per heavy atom. The predicted molar refractivity (Wildman–Crippen MR) is 470 cm³/mol. The Morgan fingerprint density at radius 2 is 0.420 bits per heavy atom. The summed E-state index contributed by atoms with van der Waals surface area (Å²) in [6, 6.07) is 157. The molecule has 0 saturated heterocycles. The second kappa shape index (κ2) is 29.0. The van der Waals surface area contributed by atoms with Gasteiger partial charge in [0.05, 0.1) is 5.69 Å². The third-order valence-corrected chi connectivity index (χ3v) is 22.0. The van der Waals surface area contributed by atoms with Gasteiger partial charge in [-0.15, -0.1) is 0 Å². The first kappa shape index (κ1) is 66.6. The Bertz CT molecular complexity index is 6740. The van der Waals surface area contributed by atoms with Crippen molar-refractivity contribution in [2.24, 2.45) is 0 Å². The molecule has 0 spiro atoms. The minimum absolute atomic E-state index is 0.814. The molecule has 0 aliphatic carbocycles. The first-order valence-electron chi connectivity index (χ1n) is 38.2. The maximum Gasteiger partial charge on any atom is 0.145 e. The molecule has 2 heterocycles. The van der Waals surface area contributed by atoms with Gasteiger partial charge < -0.3 is 18.6 Å². The lowest BCUT2D eigenvalue weighted by Crippen LogP contribution is -2.11. The Labute approximate surface area is 651 Å². The quantitative estimate of drug-likeness (QED) is 0.0910. The number of furan rings is 2. The highest BCUT2D eigenvalue weighted by Crippen LogP contribution is 2.50. The Morgan fingerprint density at radius 3 is 0.848 bits per heavy atom. The Kier molecular flexibility index (Phi) is 17.3. The standard InChI is InChI=1S/C108H72N2O2/c1-6-19-73(20-7-1)78-33-35-81(36-34-78)84-49-62-96(63-50-84)110(95-60-47-83(48-61-95)77-27-14-5-15-28-77)102-70-69-101-99-66-55-91(72-104(99)112-108(101)106(102)88-43-39-80(40-44-88)75-23-10-3-11-24-75)90-30-18-29-89(71-90)85-51-58-93(59-52-85)109(92-56-45-82(46-57-92)76-25-12-4-13-26-76)94-64-53-86(54-65-94)97-67-68-100-98-31-16-17-32-103(98)111-107(100)105(97)87-41-37-79(38-42-87)74-21-8-2-9-22-74/h1-72H. The molecule has 526 valence electrons. The molecule has 4 heteroatoms. The van der Waals surface area contributed by atoms with Crippen molar-refractivity contribution in [2.45, 2.75) is 0 Å². The van der Waals surface area contributed by atoms with Gasteiger partial charge in [0.2, 0.25) is 0 Å². The molecule has 4 nitrogen and oxygen atoms in total. The van der Waals surface area contributed by atoms with E-state index >= 15 is 0 Å². The van der Waals surface area contributed by atoms with Crippen molar-refractivity contribution in [3.8, 4) is 122 Å². The minimum atomic E-state index is 0.814. The van der Waals surface area contributed by atoms with Crippen LogP contribution in [0.1, 0.15) is 0 Å². The van der Waals surface area contributed by atoms with E-state index in [1.807, 2.05) is 6.07 Å². The number of para-hydroxylation sites is 1. The van der Waals surface area contributed by atoms with Gasteiger partial charge in [0.25, 0.3) is 0 Å². The fourth-order valence-electron chi connectivity index (χ4n) is 16.2. The minimum Gasteiger partial charge on any atom is -0.455 e. The van der Waals surface area contributed by atoms with Crippen LogP contribution in [0, 0.1) is 0 Å². The molecule has 0 amide bonds. The van der Waals surface area contributed by atoms with Crippen LogP contribution < -0.4 is 9.80 Å². The summed E-state index contributed by atoms with van der Waals surface area (Å²) in [5.41, 5.74) is 34.3. The van der Waals surface area contributed by atoms with E-state index < -0.39 is 0 Å². The largest absolute Gasteiger partial charge is 0.455 e. The van der Waals surface area contributed by atoms with Gasteiger partial charge in [0.1, 0.15) is 22.3 Å². The number of fused-ring (bicyclic) bond motifs is 6. The van der Waals surface area contributed by atoms with Crippen LogP contribution in [0.15, 0.2) is 446 Å². The maximum absolute atomic E-state index is 7.38. The second-order valence-electron chi connectivity index (χ2n) is 28.7. The van der Waals surface area contributed by atoms with Gasteiger partial charge in [-0.25, -0.2) is 0 Å². The van der Waals surface area contributed by atoms with Crippen molar-refractivity contribution < 1.29 is 8.83 Å². The summed E-state index contributed by atoms with van der Waals surface area (Å²) in [5, 5.41) is 4.30. The van der Waals surface area contributed by atoms with Gasteiger partial charge in [-0.3, -0.25) is 0 Å². The molecule has 18 aromatic carbocycles. The summed E-state index contributed by atoms with van der Waals surface area (Å²) in [5.74, 6) is 0. The molecule has 2 aromatic heterocycles. The van der Waals surface area contributed by atoms with E-state index in [-0.39, 0.29) is 0 Å². The second-order valence-corrected chi connectivity index (χ2v) is 28.7. The fourth-order valence-corrected chi connectivity index (χ4v) is 16.2. The van der Waals surface area contributed by atoms with Gasteiger partial charge >= 0.3 is 0 Å². The third-order valence-electron chi connectivity index (χ3n) is 22.0. The normalized spacial score (nSPS) is 11.4. The van der Waals surface area contributed by atoms with Crippen molar-refractivity contribution >= 4 is 78.0 Å². The van der Waals surface area contributed by atoms with Crippen molar-refractivity contribution in [1.82, 2.24) is 0 Å². The predicted octanol–water partition coefficient (Wildman–Crippen LogP) is 30.8. The zero-order valence-corrected chi connectivity index (χ0v) is 61.3. The maximum atomic E-state index is 7.38. The summed E-state index contributed by atoms with van der Waals surface area (Å²) in [7, 11) is 0. The van der Waals surface area contributed by atoms with E-state index in [2.05, 4.69) is 441 Å². The summed E-state index contributed by atoms with van der Waals surface area (Å²) in [6.07, 6.45) is 0. The molecular weight excluding hydrogens is 1360 g/mol. The lowest BCUT2D eigenvalue weighted by Gasteiger charge is -2.28. The summed E-state index contributed by atoms with van der Waals surface area (Å²) >= 11 is 0. The van der Waals surface area contributed by atoms with Crippen molar-refractivity contribution in [3.63, 3.8) is 0 Å². The van der Waals surface area contributed by atoms with E-state index in [1.54, 1.807) is 0 Å². The molecule has 20 aromatic rings. The SMILES string of the molecule is c1ccc(-c2ccc(-c3ccc(N(c4ccc(-c5ccccc5)cc4)c4ccc5c(oc6cc(-c7cccc(-c8ccc(N(c9ccc(-c%10ccccc%10)cc9)c9ccc(-c%10ccc%11c(oc%12ccccc%12%11)c%10-c%10ccc(-c%11ccccc%11)cc%10)cc9)cc8)c7)ccc65)c4-c4ccc(-c5ccccc5)cc4)cc3)cc2)cc1. The molecule has 0 saturated carbocycles. The van der Waals surface area contributed by atoms with E-state index in [1.165, 1.54) is 33.4 Å². The first-order chi connectivity index (χ1) is 55.5. The highest BCUT2D eigenvalue weighted by Gasteiger charge is 2.26. The van der Waals surface area contributed by atoms with Gasteiger partial charge in [-0.05, 0) is 214 Å². The Balaban J connectivity index is 0.651. The monoisotopic (exact) mass is 1430 g/mol. The smallest absolute Gasteiger partial charge is 0.145 e. The van der Waals surface area contributed by atoms with E-state index in [0.29, 0.717) is 0 Å². The van der Waals surface area contributed by atoms with Crippen LogP contribution in [-0.4, -0.2) is 0 Å². The molecule has 0 radical (unpaired) electrons. The van der Waals surface area contributed by atoms with Crippen LogP contribution in [0.4, 0.5) is 34.1 Å². The molecule has 0 fully saturated rings. The fraction of sp³-hybridized carbons (Fsp3) is 0. The van der Waals surface area contributed by atoms with Crippen LogP contribution in [0.2, 0.25) is 0 Å². The molecule has 0 aliphatic rings. The average molecular weight is 1430 g/mol. The Hall–Kier alpha value is -14.8.